The van der Waals surface area contributed by atoms with Gasteiger partial charge < -0.3 is 9.40 Å². The lowest BCUT2D eigenvalue weighted by atomic mass is 10.0. The number of fused-ring (bicyclic) bond motifs is 7. The summed E-state index contributed by atoms with van der Waals surface area (Å²) in [4.78, 5) is 8.34. The maximum atomic E-state index is 6.31. The number of H-pyrrole nitrogens is 1. The first-order valence-corrected chi connectivity index (χ1v) is 8.67. The number of rotatable bonds is 1. The largest absolute Gasteiger partial charge is 0.437 e. The number of nitrogens with one attached hydrogen (secondary N) is 1. The second kappa shape index (κ2) is 4.96. The molecule has 0 amide bonds. The van der Waals surface area contributed by atoms with Crippen molar-refractivity contribution in [1.29, 1.82) is 0 Å². The van der Waals surface area contributed by atoms with Crippen molar-refractivity contribution in [2.24, 2.45) is 0 Å². The number of furan rings is 1. The number of hydrogen-bond donors (Lipinski definition) is 1. The van der Waals surface area contributed by atoms with E-state index in [0.717, 1.165) is 49.7 Å². The molecule has 3 heterocycles. The van der Waals surface area contributed by atoms with Crippen molar-refractivity contribution in [3.8, 4) is 11.3 Å². The first kappa shape index (κ1) is 13.7. The van der Waals surface area contributed by atoms with Gasteiger partial charge in [0, 0.05) is 27.2 Å². The minimum Gasteiger partial charge on any atom is -0.437 e. The highest BCUT2D eigenvalue weighted by atomic mass is 16.3. The van der Waals surface area contributed by atoms with Gasteiger partial charge in [-0.1, -0.05) is 66.7 Å². The van der Waals surface area contributed by atoms with E-state index in [4.69, 9.17) is 9.40 Å². The van der Waals surface area contributed by atoms with Crippen molar-refractivity contribution >= 4 is 43.9 Å². The van der Waals surface area contributed by atoms with Gasteiger partial charge in [-0.2, -0.15) is 0 Å². The van der Waals surface area contributed by atoms with Crippen molar-refractivity contribution in [2.75, 3.05) is 0 Å². The van der Waals surface area contributed by atoms with Crippen molar-refractivity contribution in [3.05, 3.63) is 78.9 Å². The van der Waals surface area contributed by atoms with Gasteiger partial charge in [0.15, 0.2) is 5.58 Å². The Balaban J connectivity index is 1.90. The molecule has 0 aliphatic heterocycles. The Morgan fingerprint density at radius 3 is 2.31 bits per heavy atom. The molecule has 0 saturated heterocycles. The van der Waals surface area contributed by atoms with Crippen LogP contribution in [0.5, 0.6) is 0 Å². The molecule has 3 aromatic carbocycles. The van der Waals surface area contributed by atoms with Crippen LogP contribution in [0.25, 0.3) is 55.1 Å². The van der Waals surface area contributed by atoms with E-state index in [9.17, 15) is 0 Å². The molecular weight excluding hydrogens is 320 g/mol. The molecular formula is C23H14N2O. The van der Waals surface area contributed by atoms with Gasteiger partial charge in [0.25, 0.3) is 0 Å². The fraction of sp³-hybridized carbons (Fsp3) is 0. The number of aromatic nitrogens is 2. The molecule has 0 aliphatic carbocycles. The second-order valence-corrected chi connectivity index (χ2v) is 6.52. The molecule has 1 N–H and O–H groups in total. The van der Waals surface area contributed by atoms with Gasteiger partial charge in [0.05, 0.1) is 10.9 Å². The zero-order valence-corrected chi connectivity index (χ0v) is 13.9. The lowest BCUT2D eigenvalue weighted by molar-refractivity contribution is 0.657. The average molecular weight is 334 g/mol. The van der Waals surface area contributed by atoms with E-state index < -0.39 is 0 Å². The highest BCUT2D eigenvalue weighted by Crippen LogP contribution is 2.41. The summed E-state index contributed by atoms with van der Waals surface area (Å²) in [6, 6.07) is 26.8. The van der Waals surface area contributed by atoms with Crippen molar-refractivity contribution in [1.82, 2.24) is 9.97 Å². The predicted octanol–water partition coefficient (Wildman–Crippen LogP) is 6.28. The third-order valence-electron chi connectivity index (χ3n) is 5.02. The molecule has 6 aromatic rings. The summed E-state index contributed by atoms with van der Waals surface area (Å²) >= 11 is 0. The molecule has 0 unspecified atom stereocenters. The number of hydrogen-bond acceptors (Lipinski definition) is 2. The van der Waals surface area contributed by atoms with E-state index in [0.29, 0.717) is 0 Å². The van der Waals surface area contributed by atoms with Gasteiger partial charge in [-0.25, -0.2) is 4.98 Å². The number of pyridine rings is 1. The monoisotopic (exact) mass is 334 g/mol. The topological polar surface area (TPSA) is 41.8 Å². The molecule has 6 rings (SSSR count). The van der Waals surface area contributed by atoms with Crippen LogP contribution in [-0.2, 0) is 0 Å². The Labute approximate surface area is 148 Å². The zero-order valence-electron chi connectivity index (χ0n) is 13.9. The van der Waals surface area contributed by atoms with Crippen molar-refractivity contribution in [2.45, 2.75) is 0 Å². The number of para-hydroxylation sites is 2. The third kappa shape index (κ3) is 1.74. The maximum absolute atomic E-state index is 6.31. The van der Waals surface area contributed by atoms with Crippen LogP contribution >= 0.6 is 0 Å². The first-order valence-electron chi connectivity index (χ1n) is 8.67. The Morgan fingerprint density at radius 1 is 0.692 bits per heavy atom. The summed E-state index contributed by atoms with van der Waals surface area (Å²) < 4.78 is 6.31. The minimum atomic E-state index is 0.802. The van der Waals surface area contributed by atoms with E-state index >= 15 is 0 Å². The van der Waals surface area contributed by atoms with Crippen LogP contribution in [0.2, 0.25) is 0 Å². The average Bonchev–Trinajstić information content (AvgIpc) is 3.24. The molecule has 0 bridgehead atoms. The summed E-state index contributed by atoms with van der Waals surface area (Å²) in [5.74, 6) is 0. The van der Waals surface area contributed by atoms with E-state index in [-0.39, 0.29) is 0 Å². The van der Waals surface area contributed by atoms with Crippen LogP contribution in [0.15, 0.2) is 83.3 Å². The van der Waals surface area contributed by atoms with E-state index in [1.807, 2.05) is 30.3 Å². The zero-order chi connectivity index (χ0) is 17.1. The van der Waals surface area contributed by atoms with Crippen LogP contribution < -0.4 is 0 Å². The normalized spacial score (nSPS) is 11.8. The Bertz CT molecular complexity index is 1420. The molecule has 0 aliphatic rings. The molecule has 0 spiro atoms. The summed E-state index contributed by atoms with van der Waals surface area (Å²) in [6.07, 6.45) is 0. The SMILES string of the molecule is c1ccc(-c2nc3ccccc3c3c2oc2[nH]c4ccccc4c23)cc1. The number of nitrogens with zero attached hydrogens (tertiary/aromatic N) is 1. The van der Waals surface area contributed by atoms with Crippen LogP contribution in [0.3, 0.4) is 0 Å². The van der Waals surface area contributed by atoms with Crippen LogP contribution in [0.1, 0.15) is 0 Å². The van der Waals surface area contributed by atoms with E-state index in [2.05, 4.69) is 53.5 Å². The summed E-state index contributed by atoms with van der Waals surface area (Å²) in [5, 5.41) is 4.55. The summed E-state index contributed by atoms with van der Waals surface area (Å²) in [5.41, 5.74) is 5.65. The smallest absolute Gasteiger partial charge is 0.206 e. The first-order chi connectivity index (χ1) is 12.9. The molecule has 0 saturated carbocycles. The molecule has 0 atom stereocenters. The lowest BCUT2D eigenvalue weighted by Gasteiger charge is -2.06. The van der Waals surface area contributed by atoms with Gasteiger partial charge in [-0.15, -0.1) is 0 Å². The van der Waals surface area contributed by atoms with Gasteiger partial charge in [-0.05, 0) is 12.1 Å². The molecule has 3 nitrogen and oxygen atoms in total. The van der Waals surface area contributed by atoms with Crippen LogP contribution in [0.4, 0.5) is 0 Å². The third-order valence-corrected chi connectivity index (χ3v) is 5.02. The van der Waals surface area contributed by atoms with Crippen molar-refractivity contribution in [3.63, 3.8) is 0 Å². The molecule has 3 aromatic heterocycles. The van der Waals surface area contributed by atoms with Crippen LogP contribution in [0, 0.1) is 0 Å². The fourth-order valence-electron chi connectivity index (χ4n) is 3.88. The Morgan fingerprint density at radius 2 is 1.42 bits per heavy atom. The number of benzene rings is 3. The number of aromatic amines is 1. The molecule has 0 fully saturated rings. The maximum Gasteiger partial charge on any atom is 0.206 e. The van der Waals surface area contributed by atoms with Gasteiger partial charge in [-0.3, -0.25) is 0 Å². The molecule has 3 heteroatoms. The molecule has 0 radical (unpaired) electrons. The highest BCUT2D eigenvalue weighted by molar-refractivity contribution is 6.27. The van der Waals surface area contributed by atoms with Gasteiger partial charge in [0.2, 0.25) is 5.71 Å². The summed E-state index contributed by atoms with van der Waals surface area (Å²) in [7, 11) is 0. The fourth-order valence-corrected chi connectivity index (χ4v) is 3.88. The van der Waals surface area contributed by atoms with Crippen LogP contribution in [-0.4, -0.2) is 9.97 Å². The van der Waals surface area contributed by atoms with Crippen molar-refractivity contribution < 1.29 is 4.42 Å². The second-order valence-electron chi connectivity index (χ2n) is 6.52. The Kier molecular flexibility index (Phi) is 2.61. The standard InChI is InChI=1S/C23H14N2O/c1-2-8-14(9-3-1)21-22-19(15-10-4-6-12-17(15)24-21)20-16-11-5-7-13-18(16)25-23(20)26-22/h1-13,25H. The van der Waals surface area contributed by atoms with Gasteiger partial charge in [0.1, 0.15) is 5.69 Å². The Hall–Kier alpha value is -3.59. The van der Waals surface area contributed by atoms with E-state index in [1.54, 1.807) is 0 Å². The molecule has 26 heavy (non-hydrogen) atoms. The predicted molar refractivity (Wildman–Crippen MR) is 106 cm³/mol. The molecule has 122 valence electrons. The highest BCUT2D eigenvalue weighted by Gasteiger charge is 2.20. The minimum absolute atomic E-state index is 0.802. The van der Waals surface area contributed by atoms with E-state index in [1.165, 1.54) is 5.39 Å². The quantitative estimate of drug-likeness (QED) is 0.384. The lowest BCUT2D eigenvalue weighted by Crippen LogP contribution is -1.87. The van der Waals surface area contributed by atoms with Gasteiger partial charge >= 0.3 is 0 Å². The summed E-state index contributed by atoms with van der Waals surface area (Å²) in [6.45, 7) is 0.